The third-order valence-electron chi connectivity index (χ3n) is 6.38. The molecule has 0 saturated carbocycles. The molecule has 1 aliphatic heterocycles. The number of carbonyl (C=O) groups is 1. The van der Waals surface area contributed by atoms with Gasteiger partial charge in [0.1, 0.15) is 5.75 Å². The minimum Gasteiger partial charge on any atom is -0.497 e. The third-order valence-corrected chi connectivity index (χ3v) is 8.28. The molecule has 1 atom stereocenters. The lowest BCUT2D eigenvalue weighted by atomic mass is 9.96. The summed E-state index contributed by atoms with van der Waals surface area (Å²) in [4.78, 5) is 13.3. The average molecular weight is 467 g/mol. The van der Waals surface area contributed by atoms with Gasteiger partial charge < -0.3 is 10.1 Å². The van der Waals surface area contributed by atoms with Crippen LogP contribution < -0.4 is 10.1 Å². The summed E-state index contributed by atoms with van der Waals surface area (Å²) in [6, 6.07) is 16.7. The Labute approximate surface area is 195 Å². The predicted octanol–water partition coefficient (Wildman–Crippen LogP) is 5.07. The van der Waals surface area contributed by atoms with Crippen LogP contribution in [-0.4, -0.2) is 38.8 Å². The number of sulfonamides is 1. The second-order valence-corrected chi connectivity index (χ2v) is 10.6. The summed E-state index contributed by atoms with van der Waals surface area (Å²) >= 11 is 0. The molecule has 1 amide bonds. The van der Waals surface area contributed by atoms with E-state index in [9.17, 15) is 13.2 Å². The number of carbonyl (C=O) groups excluding carboxylic acids is 1. The summed E-state index contributed by atoms with van der Waals surface area (Å²) in [5.74, 6) is 0.202. The average Bonchev–Trinajstić information content (AvgIpc) is 2.84. The number of methoxy groups -OCH3 is 1. The van der Waals surface area contributed by atoms with Crippen molar-refractivity contribution in [3.05, 3.63) is 65.7 Å². The van der Waals surface area contributed by atoms with Gasteiger partial charge >= 0.3 is 0 Å². The highest BCUT2D eigenvalue weighted by Gasteiger charge is 2.27. The lowest BCUT2D eigenvalue weighted by molar-refractivity contribution is -0.117. The zero-order valence-corrected chi connectivity index (χ0v) is 20.1. The lowest BCUT2D eigenvalue weighted by Gasteiger charge is -2.26. The molecular formula is C26H30N2O4S. The zero-order chi connectivity index (χ0) is 23.6. The Kier molecular flexibility index (Phi) is 6.72. The van der Waals surface area contributed by atoms with E-state index in [0.29, 0.717) is 18.8 Å². The number of fused-ring (bicyclic) bond motifs is 1. The number of nitrogens with zero attached hydrogens (tertiary/aromatic N) is 1. The molecular weight excluding hydrogens is 436 g/mol. The molecule has 33 heavy (non-hydrogen) atoms. The second-order valence-electron chi connectivity index (χ2n) is 8.62. The number of benzene rings is 3. The van der Waals surface area contributed by atoms with Crippen molar-refractivity contribution in [3.8, 4) is 5.75 Å². The number of amides is 1. The maximum atomic E-state index is 13.1. The van der Waals surface area contributed by atoms with Crippen LogP contribution in [0, 0.1) is 6.92 Å². The van der Waals surface area contributed by atoms with Crippen molar-refractivity contribution >= 4 is 32.4 Å². The summed E-state index contributed by atoms with van der Waals surface area (Å²) in [6.45, 7) is 4.80. The first-order valence-corrected chi connectivity index (χ1v) is 12.7. The SMILES string of the molecule is COc1ccc2cc([C@H](C)C(=O)Nc3cc(S(=O)(=O)N4CCCCC4)ccc3C)ccc2c1. The second kappa shape index (κ2) is 9.53. The molecule has 1 fully saturated rings. The molecule has 7 heteroatoms. The largest absolute Gasteiger partial charge is 0.497 e. The van der Waals surface area contributed by atoms with Crippen molar-refractivity contribution in [2.45, 2.75) is 43.9 Å². The van der Waals surface area contributed by atoms with Crippen LogP contribution in [0.5, 0.6) is 5.75 Å². The van der Waals surface area contributed by atoms with Gasteiger partial charge in [-0.2, -0.15) is 4.31 Å². The Morgan fingerprint density at radius 3 is 2.39 bits per heavy atom. The van der Waals surface area contributed by atoms with Gasteiger partial charge in [0.2, 0.25) is 15.9 Å². The van der Waals surface area contributed by atoms with E-state index in [4.69, 9.17) is 4.74 Å². The first-order chi connectivity index (χ1) is 15.8. The van der Waals surface area contributed by atoms with Gasteiger partial charge in [0.25, 0.3) is 0 Å². The maximum Gasteiger partial charge on any atom is 0.243 e. The number of nitrogens with one attached hydrogen (secondary N) is 1. The van der Waals surface area contributed by atoms with Crippen molar-refractivity contribution in [2.24, 2.45) is 0 Å². The highest BCUT2D eigenvalue weighted by molar-refractivity contribution is 7.89. The minimum atomic E-state index is -3.57. The molecule has 0 spiro atoms. The van der Waals surface area contributed by atoms with E-state index in [1.165, 1.54) is 0 Å². The molecule has 0 bridgehead atoms. The fraction of sp³-hybridized carbons (Fsp3) is 0.346. The topological polar surface area (TPSA) is 75.7 Å². The van der Waals surface area contributed by atoms with Gasteiger partial charge in [0, 0.05) is 18.8 Å². The first-order valence-electron chi connectivity index (χ1n) is 11.3. The van der Waals surface area contributed by atoms with Crippen molar-refractivity contribution in [1.29, 1.82) is 0 Å². The summed E-state index contributed by atoms with van der Waals surface area (Å²) in [7, 11) is -1.93. The monoisotopic (exact) mass is 466 g/mol. The number of piperidine rings is 1. The van der Waals surface area contributed by atoms with Crippen LogP contribution >= 0.6 is 0 Å². The normalized spacial score (nSPS) is 15.8. The standard InChI is InChI=1S/C26H30N2O4S/c1-18-7-12-24(33(30,31)28-13-5-4-6-14-28)17-25(18)27-26(29)19(2)20-8-9-22-16-23(32-3)11-10-21(22)15-20/h7-12,15-17,19H,4-6,13-14H2,1-3H3,(H,27,29)/t19-/m0/s1. The van der Waals surface area contributed by atoms with Crippen LogP contribution in [0.2, 0.25) is 0 Å². The van der Waals surface area contributed by atoms with Crippen molar-refractivity contribution in [2.75, 3.05) is 25.5 Å². The molecule has 1 saturated heterocycles. The molecule has 6 nitrogen and oxygen atoms in total. The van der Waals surface area contributed by atoms with Crippen LogP contribution in [0.4, 0.5) is 5.69 Å². The van der Waals surface area contributed by atoms with E-state index in [2.05, 4.69) is 5.32 Å². The van der Waals surface area contributed by atoms with E-state index in [0.717, 1.165) is 46.9 Å². The number of hydrogen-bond donors (Lipinski definition) is 1. The van der Waals surface area contributed by atoms with Gasteiger partial charge in [-0.15, -0.1) is 0 Å². The van der Waals surface area contributed by atoms with E-state index >= 15 is 0 Å². The van der Waals surface area contributed by atoms with Crippen molar-refractivity contribution in [1.82, 2.24) is 4.31 Å². The smallest absolute Gasteiger partial charge is 0.243 e. The summed E-state index contributed by atoms with van der Waals surface area (Å²) in [5, 5.41) is 5.01. The highest BCUT2D eigenvalue weighted by atomic mass is 32.2. The number of aryl methyl sites for hydroxylation is 1. The number of anilines is 1. The summed E-state index contributed by atoms with van der Waals surface area (Å²) in [5.41, 5.74) is 2.23. The Balaban J connectivity index is 1.55. The van der Waals surface area contributed by atoms with Crippen molar-refractivity contribution in [3.63, 3.8) is 0 Å². The van der Waals surface area contributed by atoms with Gasteiger partial charge in [-0.25, -0.2) is 8.42 Å². The van der Waals surface area contributed by atoms with Crippen LogP contribution in [0.25, 0.3) is 10.8 Å². The third kappa shape index (κ3) is 4.89. The first kappa shape index (κ1) is 23.3. The fourth-order valence-corrected chi connectivity index (χ4v) is 5.73. The maximum absolute atomic E-state index is 13.1. The van der Waals surface area contributed by atoms with Crippen molar-refractivity contribution < 1.29 is 17.9 Å². The predicted molar refractivity (Wildman–Crippen MR) is 131 cm³/mol. The van der Waals surface area contributed by atoms with Gasteiger partial charge in [-0.1, -0.05) is 36.8 Å². The highest BCUT2D eigenvalue weighted by Crippen LogP contribution is 2.28. The summed E-state index contributed by atoms with van der Waals surface area (Å²) < 4.78 is 33.0. The van der Waals surface area contributed by atoms with Gasteiger partial charge in [0.15, 0.2) is 0 Å². The summed E-state index contributed by atoms with van der Waals surface area (Å²) in [6.07, 6.45) is 2.82. The molecule has 3 aromatic carbocycles. The molecule has 1 heterocycles. The lowest BCUT2D eigenvalue weighted by Crippen LogP contribution is -2.35. The Bertz CT molecular complexity index is 1280. The van der Waals surface area contributed by atoms with Gasteiger partial charge in [0.05, 0.1) is 17.9 Å². The number of ether oxygens (including phenoxy) is 1. The van der Waals surface area contributed by atoms with E-state index in [-0.39, 0.29) is 10.8 Å². The van der Waals surface area contributed by atoms with E-state index in [1.807, 2.05) is 50.2 Å². The molecule has 0 aliphatic carbocycles. The molecule has 0 aromatic heterocycles. The molecule has 174 valence electrons. The van der Waals surface area contributed by atoms with Gasteiger partial charge in [-0.05, 0) is 72.9 Å². The quantitative estimate of drug-likeness (QED) is 0.550. The molecule has 3 aromatic rings. The minimum absolute atomic E-state index is 0.182. The van der Waals surface area contributed by atoms with E-state index in [1.54, 1.807) is 29.6 Å². The number of rotatable bonds is 6. The molecule has 1 N–H and O–H groups in total. The van der Waals surface area contributed by atoms with Gasteiger partial charge in [-0.3, -0.25) is 4.79 Å². The fourth-order valence-electron chi connectivity index (χ4n) is 4.18. The van der Waals surface area contributed by atoms with Crippen LogP contribution in [0.1, 0.15) is 43.2 Å². The Morgan fingerprint density at radius 2 is 1.67 bits per heavy atom. The Morgan fingerprint density at radius 1 is 0.970 bits per heavy atom. The Hall–Kier alpha value is -2.90. The van der Waals surface area contributed by atoms with Crippen LogP contribution in [0.3, 0.4) is 0 Å². The molecule has 0 radical (unpaired) electrons. The van der Waals surface area contributed by atoms with E-state index < -0.39 is 15.9 Å². The molecule has 4 rings (SSSR count). The number of hydrogen-bond acceptors (Lipinski definition) is 4. The van der Waals surface area contributed by atoms with Crippen LogP contribution in [0.15, 0.2) is 59.5 Å². The zero-order valence-electron chi connectivity index (χ0n) is 19.3. The molecule has 1 aliphatic rings. The molecule has 0 unspecified atom stereocenters. The van der Waals surface area contributed by atoms with Crippen LogP contribution in [-0.2, 0) is 14.8 Å².